The molecule has 1 saturated heterocycles. The first-order valence-corrected chi connectivity index (χ1v) is 13.0. The summed E-state index contributed by atoms with van der Waals surface area (Å²) in [7, 11) is -2.49. The highest BCUT2D eigenvalue weighted by Crippen LogP contribution is 2.42. The molecule has 0 radical (unpaired) electrons. The van der Waals surface area contributed by atoms with Gasteiger partial charge in [0.25, 0.3) is 0 Å². The maximum absolute atomic E-state index is 13.3. The molecule has 2 unspecified atom stereocenters. The average molecular weight is 539 g/mol. The lowest BCUT2D eigenvalue weighted by Gasteiger charge is -2.37. The molecule has 37 heavy (non-hydrogen) atoms. The normalized spacial score (nSPS) is 20.0. The van der Waals surface area contributed by atoms with E-state index >= 15 is 0 Å². The Morgan fingerprint density at radius 1 is 1.08 bits per heavy atom. The molecule has 1 aliphatic rings. The fraction of sp³-hybridized carbons (Fsp3) is 0.385. The summed E-state index contributed by atoms with van der Waals surface area (Å²) in [6, 6.07) is 13.0. The minimum Gasteiger partial charge on any atom is -0.475 e. The highest BCUT2D eigenvalue weighted by molar-refractivity contribution is 7.92. The molecule has 1 aromatic carbocycles. The molecule has 0 saturated carbocycles. The lowest BCUT2D eigenvalue weighted by atomic mass is 9.93. The van der Waals surface area contributed by atoms with Gasteiger partial charge in [0.15, 0.2) is 9.84 Å². The van der Waals surface area contributed by atoms with E-state index in [9.17, 15) is 21.6 Å². The maximum atomic E-state index is 13.3. The number of hydrogen-bond acceptors (Lipinski definition) is 7. The quantitative estimate of drug-likeness (QED) is 0.378. The molecule has 200 valence electrons. The van der Waals surface area contributed by atoms with E-state index in [1.807, 2.05) is 18.2 Å². The molecule has 4 rings (SSSR count). The number of ether oxygens (including phenoxy) is 3. The van der Waals surface area contributed by atoms with Crippen molar-refractivity contribution >= 4 is 9.84 Å². The third-order valence-corrected chi connectivity index (χ3v) is 8.47. The van der Waals surface area contributed by atoms with Gasteiger partial charge in [-0.15, -0.1) is 0 Å². The lowest BCUT2D eigenvalue weighted by Crippen LogP contribution is -2.42. The second-order valence-electron chi connectivity index (χ2n) is 8.59. The average Bonchev–Trinajstić information content (AvgIpc) is 2.90. The van der Waals surface area contributed by atoms with E-state index in [0.29, 0.717) is 30.7 Å². The molecule has 11 heteroatoms. The number of pyridine rings is 2. The number of rotatable bonds is 7. The van der Waals surface area contributed by atoms with Gasteiger partial charge in [0.05, 0.1) is 27.9 Å². The van der Waals surface area contributed by atoms with Crippen LogP contribution in [0.25, 0.3) is 0 Å². The zero-order valence-electron chi connectivity index (χ0n) is 20.5. The molecule has 0 spiro atoms. The Hall–Kier alpha value is -3.02. The standard InChI is InChI=1S/C21H24F3NO5S.C5H5N/c1-20(31(26,27)17-5-3-4-16(12-17)21(22,23)24)8-9-29-18(13-20)15-6-7-19(25-14-15)30-11-10-28-2;1-2-4-6-5-3-1/h3-7,12,14,18H,8-11,13H2,1-2H3;1-5H. The number of nitrogens with zero attached hydrogens (tertiary/aromatic N) is 2. The summed E-state index contributed by atoms with van der Waals surface area (Å²) in [5.41, 5.74) is -0.321. The predicted molar refractivity (Wildman–Crippen MR) is 131 cm³/mol. The Morgan fingerprint density at radius 3 is 2.41 bits per heavy atom. The van der Waals surface area contributed by atoms with Crippen LogP contribution in [-0.4, -0.2) is 50.1 Å². The van der Waals surface area contributed by atoms with Gasteiger partial charge in [-0.25, -0.2) is 13.4 Å². The van der Waals surface area contributed by atoms with Crippen molar-refractivity contribution in [1.82, 2.24) is 9.97 Å². The van der Waals surface area contributed by atoms with E-state index in [0.717, 1.165) is 12.1 Å². The molecule has 0 N–H and O–H groups in total. The molecule has 0 amide bonds. The summed E-state index contributed by atoms with van der Waals surface area (Å²) in [5.74, 6) is 0.399. The first-order chi connectivity index (χ1) is 17.6. The highest BCUT2D eigenvalue weighted by atomic mass is 32.2. The van der Waals surface area contributed by atoms with Crippen molar-refractivity contribution in [2.24, 2.45) is 0 Å². The lowest BCUT2D eigenvalue weighted by molar-refractivity contribution is -0.137. The SMILES string of the molecule is COCCOc1ccc(C2CC(C)(S(=O)(=O)c3cccc(C(F)(F)F)c3)CCO2)cn1.c1ccncc1. The van der Waals surface area contributed by atoms with Crippen LogP contribution in [0.1, 0.15) is 37.0 Å². The molecule has 3 aromatic rings. The first kappa shape index (κ1) is 28.5. The third kappa shape index (κ3) is 7.50. The van der Waals surface area contributed by atoms with Gasteiger partial charge in [-0.2, -0.15) is 13.2 Å². The van der Waals surface area contributed by atoms with Gasteiger partial charge in [-0.1, -0.05) is 12.1 Å². The van der Waals surface area contributed by atoms with E-state index < -0.39 is 32.4 Å². The van der Waals surface area contributed by atoms with Crippen molar-refractivity contribution in [3.63, 3.8) is 0 Å². The molecular weight excluding hydrogens is 509 g/mol. The maximum Gasteiger partial charge on any atom is 0.416 e. The van der Waals surface area contributed by atoms with Gasteiger partial charge in [0.2, 0.25) is 5.88 Å². The first-order valence-electron chi connectivity index (χ1n) is 11.5. The monoisotopic (exact) mass is 538 g/mol. The van der Waals surface area contributed by atoms with E-state index in [4.69, 9.17) is 14.2 Å². The molecular formula is C26H29F3N2O5S. The molecule has 2 atom stereocenters. The summed E-state index contributed by atoms with van der Waals surface area (Å²) >= 11 is 0. The van der Waals surface area contributed by atoms with Crippen molar-refractivity contribution in [2.45, 2.75) is 41.7 Å². The minimum atomic E-state index is -4.62. The number of halogens is 3. The van der Waals surface area contributed by atoms with Crippen LogP contribution in [0.15, 0.2) is 78.1 Å². The zero-order chi connectivity index (χ0) is 26.9. The Labute approximate surface area is 214 Å². The molecule has 7 nitrogen and oxygen atoms in total. The van der Waals surface area contributed by atoms with Gasteiger partial charge in [0, 0.05) is 38.4 Å². The van der Waals surface area contributed by atoms with Crippen molar-refractivity contribution in [3.05, 3.63) is 84.3 Å². The summed E-state index contributed by atoms with van der Waals surface area (Å²) in [6.45, 7) is 2.47. The Balaban J connectivity index is 0.000000555. The number of alkyl halides is 3. The zero-order valence-corrected chi connectivity index (χ0v) is 21.3. The molecule has 1 fully saturated rings. The van der Waals surface area contributed by atoms with Crippen LogP contribution < -0.4 is 4.74 Å². The van der Waals surface area contributed by atoms with Crippen LogP contribution in [0.3, 0.4) is 0 Å². The molecule has 1 aliphatic heterocycles. The van der Waals surface area contributed by atoms with Crippen LogP contribution >= 0.6 is 0 Å². The number of benzene rings is 1. The van der Waals surface area contributed by atoms with E-state index in [2.05, 4.69) is 9.97 Å². The van der Waals surface area contributed by atoms with Crippen molar-refractivity contribution < 1.29 is 35.8 Å². The van der Waals surface area contributed by atoms with Gasteiger partial charge in [0.1, 0.15) is 6.61 Å². The van der Waals surface area contributed by atoms with Crippen molar-refractivity contribution in [2.75, 3.05) is 26.9 Å². The minimum absolute atomic E-state index is 0.0944. The molecule has 2 aromatic heterocycles. The summed E-state index contributed by atoms with van der Waals surface area (Å²) in [4.78, 5) is 7.64. The van der Waals surface area contributed by atoms with Gasteiger partial charge in [-0.05, 0) is 61.7 Å². The molecule has 0 bridgehead atoms. The van der Waals surface area contributed by atoms with E-state index in [1.54, 1.807) is 44.8 Å². The number of aromatic nitrogens is 2. The Kier molecular flexibility index (Phi) is 9.63. The molecule has 3 heterocycles. The topological polar surface area (TPSA) is 87.6 Å². The second-order valence-corrected chi connectivity index (χ2v) is 11.1. The number of methoxy groups -OCH3 is 1. The predicted octanol–water partition coefficient (Wildman–Crippen LogP) is 5.29. The Bertz CT molecular complexity index is 1200. The van der Waals surface area contributed by atoms with Crippen LogP contribution in [0.2, 0.25) is 0 Å². The van der Waals surface area contributed by atoms with Crippen LogP contribution in [0.5, 0.6) is 5.88 Å². The van der Waals surface area contributed by atoms with E-state index in [1.165, 1.54) is 6.07 Å². The van der Waals surface area contributed by atoms with Crippen LogP contribution in [0.4, 0.5) is 13.2 Å². The summed E-state index contributed by atoms with van der Waals surface area (Å²) in [6.07, 6.45) is 0.142. The number of hydrogen-bond donors (Lipinski definition) is 0. The second kappa shape index (κ2) is 12.5. The summed E-state index contributed by atoms with van der Waals surface area (Å²) in [5, 5.41) is 0. The van der Waals surface area contributed by atoms with Crippen LogP contribution in [0, 0.1) is 0 Å². The van der Waals surface area contributed by atoms with Gasteiger partial charge < -0.3 is 14.2 Å². The fourth-order valence-corrected chi connectivity index (χ4v) is 5.59. The largest absolute Gasteiger partial charge is 0.475 e. The fourth-order valence-electron chi connectivity index (χ4n) is 3.76. The van der Waals surface area contributed by atoms with Crippen LogP contribution in [-0.2, 0) is 25.5 Å². The van der Waals surface area contributed by atoms with E-state index in [-0.39, 0.29) is 24.3 Å². The van der Waals surface area contributed by atoms with Gasteiger partial charge >= 0.3 is 6.18 Å². The Morgan fingerprint density at radius 2 is 1.84 bits per heavy atom. The molecule has 0 aliphatic carbocycles. The third-order valence-electron chi connectivity index (χ3n) is 5.92. The smallest absolute Gasteiger partial charge is 0.416 e. The van der Waals surface area contributed by atoms with Crippen molar-refractivity contribution in [3.8, 4) is 5.88 Å². The highest BCUT2D eigenvalue weighted by Gasteiger charge is 2.45. The van der Waals surface area contributed by atoms with Gasteiger partial charge in [-0.3, -0.25) is 4.98 Å². The number of sulfone groups is 1. The summed E-state index contributed by atoms with van der Waals surface area (Å²) < 4.78 is 80.6. The van der Waals surface area contributed by atoms with Crippen molar-refractivity contribution in [1.29, 1.82) is 0 Å².